The highest BCUT2D eigenvalue weighted by Crippen LogP contribution is 2.26. The van der Waals surface area contributed by atoms with E-state index < -0.39 is 12.1 Å². The summed E-state index contributed by atoms with van der Waals surface area (Å²) in [6.07, 6.45) is 0.0886. The first-order valence-corrected chi connectivity index (χ1v) is 9.76. The van der Waals surface area contributed by atoms with Crippen LogP contribution in [0.4, 0.5) is 11.4 Å². The van der Waals surface area contributed by atoms with E-state index in [4.69, 9.17) is 4.74 Å². The van der Waals surface area contributed by atoms with Crippen LogP contribution in [-0.2, 0) is 25.5 Å². The molecule has 0 spiro atoms. The van der Waals surface area contributed by atoms with Crippen LogP contribution in [0, 0.1) is 0 Å². The van der Waals surface area contributed by atoms with Gasteiger partial charge in [0.15, 0.2) is 6.10 Å². The Hall–Kier alpha value is -3.15. The molecule has 0 fully saturated rings. The first-order valence-electron chi connectivity index (χ1n) is 9.76. The van der Waals surface area contributed by atoms with E-state index in [1.165, 1.54) is 6.92 Å². The first-order chi connectivity index (χ1) is 13.8. The van der Waals surface area contributed by atoms with Crippen LogP contribution < -0.4 is 10.6 Å². The fraction of sp³-hybridized carbons (Fsp3) is 0.348. The van der Waals surface area contributed by atoms with Gasteiger partial charge in [-0.2, -0.15) is 0 Å². The number of carbonyl (C=O) groups is 3. The summed E-state index contributed by atoms with van der Waals surface area (Å²) in [4.78, 5) is 35.7. The minimum atomic E-state index is -0.911. The highest BCUT2D eigenvalue weighted by atomic mass is 16.5. The second-order valence-electron chi connectivity index (χ2n) is 7.07. The van der Waals surface area contributed by atoms with Crippen molar-refractivity contribution in [3.05, 3.63) is 59.7 Å². The molecule has 6 nitrogen and oxygen atoms in total. The SMILES string of the molecule is CC[C@H](C)c1ccccc1NC(=O)[C@@H](C)OC(=O)Cc1ccc(NC(C)=O)cc1. The summed E-state index contributed by atoms with van der Waals surface area (Å²) in [7, 11) is 0. The van der Waals surface area contributed by atoms with E-state index in [2.05, 4.69) is 24.5 Å². The van der Waals surface area contributed by atoms with Gasteiger partial charge in [0, 0.05) is 18.3 Å². The maximum Gasteiger partial charge on any atom is 0.311 e. The van der Waals surface area contributed by atoms with Gasteiger partial charge in [0.2, 0.25) is 5.91 Å². The Labute approximate surface area is 171 Å². The summed E-state index contributed by atoms with van der Waals surface area (Å²) in [5.74, 6) is -0.707. The van der Waals surface area contributed by atoms with Gasteiger partial charge in [0.1, 0.15) is 0 Å². The van der Waals surface area contributed by atoms with Crippen LogP contribution in [0.15, 0.2) is 48.5 Å². The first kappa shape index (κ1) is 22.1. The zero-order chi connectivity index (χ0) is 21.4. The number of rotatable bonds is 8. The zero-order valence-electron chi connectivity index (χ0n) is 17.3. The monoisotopic (exact) mass is 396 g/mol. The number of nitrogens with one attached hydrogen (secondary N) is 2. The van der Waals surface area contributed by atoms with Gasteiger partial charge in [-0.05, 0) is 48.6 Å². The fourth-order valence-corrected chi connectivity index (χ4v) is 2.86. The van der Waals surface area contributed by atoms with Crippen molar-refractivity contribution in [2.24, 2.45) is 0 Å². The van der Waals surface area contributed by atoms with E-state index in [0.717, 1.165) is 23.2 Å². The molecule has 154 valence electrons. The standard InChI is InChI=1S/C23H28N2O4/c1-5-15(2)20-8-6-7-9-21(20)25-23(28)16(3)29-22(27)14-18-10-12-19(13-11-18)24-17(4)26/h6-13,15-16H,5,14H2,1-4H3,(H,24,26)(H,25,28)/t15-,16+/m0/s1. The predicted molar refractivity (Wildman–Crippen MR) is 114 cm³/mol. The molecule has 0 aliphatic carbocycles. The molecule has 2 N–H and O–H groups in total. The maximum absolute atomic E-state index is 12.5. The molecule has 0 saturated carbocycles. The van der Waals surface area contributed by atoms with Crippen LogP contribution in [-0.4, -0.2) is 23.9 Å². The molecule has 2 atom stereocenters. The molecule has 0 saturated heterocycles. The van der Waals surface area contributed by atoms with Gasteiger partial charge in [-0.1, -0.05) is 44.2 Å². The third kappa shape index (κ3) is 6.75. The van der Waals surface area contributed by atoms with E-state index in [0.29, 0.717) is 11.6 Å². The quantitative estimate of drug-likeness (QED) is 0.653. The van der Waals surface area contributed by atoms with E-state index in [1.807, 2.05) is 24.3 Å². The Morgan fingerprint density at radius 2 is 1.62 bits per heavy atom. The number of anilines is 2. The molecule has 0 radical (unpaired) electrons. The molecule has 2 rings (SSSR count). The number of carbonyl (C=O) groups excluding carboxylic acids is 3. The van der Waals surface area contributed by atoms with Crippen molar-refractivity contribution in [2.45, 2.75) is 52.6 Å². The molecule has 6 heteroatoms. The molecular weight excluding hydrogens is 368 g/mol. The lowest BCUT2D eigenvalue weighted by atomic mass is 9.97. The van der Waals surface area contributed by atoms with Crippen LogP contribution in [0.2, 0.25) is 0 Å². The third-order valence-corrected chi connectivity index (χ3v) is 4.66. The molecule has 0 heterocycles. The summed E-state index contributed by atoms with van der Waals surface area (Å²) < 4.78 is 5.29. The van der Waals surface area contributed by atoms with Gasteiger partial charge in [-0.3, -0.25) is 14.4 Å². The number of hydrogen-bond acceptors (Lipinski definition) is 4. The van der Waals surface area contributed by atoms with E-state index in [1.54, 1.807) is 31.2 Å². The van der Waals surface area contributed by atoms with Crippen LogP contribution in [0.1, 0.15) is 51.2 Å². The van der Waals surface area contributed by atoms with Crippen LogP contribution in [0.3, 0.4) is 0 Å². The molecule has 29 heavy (non-hydrogen) atoms. The van der Waals surface area contributed by atoms with Crippen molar-refractivity contribution in [3.8, 4) is 0 Å². The van der Waals surface area contributed by atoms with Crippen molar-refractivity contribution in [2.75, 3.05) is 10.6 Å². The van der Waals surface area contributed by atoms with Crippen LogP contribution in [0.25, 0.3) is 0 Å². The van der Waals surface area contributed by atoms with E-state index in [-0.39, 0.29) is 18.2 Å². The molecule has 0 aliphatic heterocycles. The van der Waals surface area contributed by atoms with Crippen molar-refractivity contribution >= 4 is 29.2 Å². The summed E-state index contributed by atoms with van der Waals surface area (Å²) in [6.45, 7) is 7.18. The normalized spacial score (nSPS) is 12.6. The Balaban J connectivity index is 1.92. The minimum absolute atomic E-state index is 0.0431. The molecule has 0 aromatic heterocycles. The van der Waals surface area contributed by atoms with Gasteiger partial charge in [-0.25, -0.2) is 0 Å². The lowest BCUT2D eigenvalue weighted by Crippen LogP contribution is -2.30. The smallest absolute Gasteiger partial charge is 0.311 e. The lowest BCUT2D eigenvalue weighted by Gasteiger charge is -2.18. The van der Waals surface area contributed by atoms with Gasteiger partial charge in [0.05, 0.1) is 6.42 Å². The number of ether oxygens (including phenoxy) is 1. The Kier molecular flexibility index (Phi) is 7.95. The summed E-state index contributed by atoms with van der Waals surface area (Å²) in [6, 6.07) is 14.5. The average molecular weight is 396 g/mol. The molecule has 0 aliphatic rings. The molecule has 2 aromatic rings. The van der Waals surface area contributed by atoms with E-state index >= 15 is 0 Å². The summed E-state index contributed by atoms with van der Waals surface area (Å²) in [5, 5.41) is 5.53. The molecule has 2 aromatic carbocycles. The van der Waals surface area contributed by atoms with Crippen molar-refractivity contribution in [1.29, 1.82) is 0 Å². The number of amides is 2. The highest BCUT2D eigenvalue weighted by Gasteiger charge is 2.20. The maximum atomic E-state index is 12.5. The second kappa shape index (κ2) is 10.4. The van der Waals surface area contributed by atoms with Crippen molar-refractivity contribution in [1.82, 2.24) is 0 Å². The Bertz CT molecular complexity index is 861. The highest BCUT2D eigenvalue weighted by molar-refractivity contribution is 5.96. The topological polar surface area (TPSA) is 84.5 Å². The van der Waals surface area contributed by atoms with Gasteiger partial charge < -0.3 is 15.4 Å². The molecular formula is C23H28N2O4. The van der Waals surface area contributed by atoms with Gasteiger partial charge >= 0.3 is 5.97 Å². The van der Waals surface area contributed by atoms with Gasteiger partial charge in [-0.15, -0.1) is 0 Å². The largest absolute Gasteiger partial charge is 0.452 e. The Morgan fingerprint density at radius 1 is 0.966 bits per heavy atom. The Morgan fingerprint density at radius 3 is 2.24 bits per heavy atom. The lowest BCUT2D eigenvalue weighted by molar-refractivity contribution is -0.152. The predicted octanol–water partition coefficient (Wildman–Crippen LogP) is 4.27. The number of para-hydroxylation sites is 1. The molecule has 0 unspecified atom stereocenters. The van der Waals surface area contributed by atoms with Crippen molar-refractivity contribution in [3.63, 3.8) is 0 Å². The average Bonchev–Trinajstić information content (AvgIpc) is 2.68. The fourth-order valence-electron chi connectivity index (χ4n) is 2.86. The number of esters is 1. The molecule has 2 amide bonds. The third-order valence-electron chi connectivity index (χ3n) is 4.66. The minimum Gasteiger partial charge on any atom is -0.452 e. The number of hydrogen-bond donors (Lipinski definition) is 2. The second-order valence-corrected chi connectivity index (χ2v) is 7.07. The number of benzene rings is 2. The van der Waals surface area contributed by atoms with Crippen LogP contribution in [0.5, 0.6) is 0 Å². The summed E-state index contributed by atoms with van der Waals surface area (Å²) in [5.41, 5.74) is 3.19. The van der Waals surface area contributed by atoms with Crippen molar-refractivity contribution < 1.29 is 19.1 Å². The molecule has 0 bridgehead atoms. The van der Waals surface area contributed by atoms with Gasteiger partial charge in [0.25, 0.3) is 5.91 Å². The zero-order valence-corrected chi connectivity index (χ0v) is 17.3. The van der Waals surface area contributed by atoms with Crippen LogP contribution >= 0.6 is 0 Å². The van der Waals surface area contributed by atoms with E-state index in [9.17, 15) is 14.4 Å². The summed E-state index contributed by atoms with van der Waals surface area (Å²) >= 11 is 0.